The van der Waals surface area contributed by atoms with Crippen LogP contribution in [-0.2, 0) is 6.42 Å². The number of hydrogen-bond donors (Lipinski definition) is 0. The largest absolute Gasteiger partial charge is 0.492 e. The Bertz CT molecular complexity index is 631. The van der Waals surface area contributed by atoms with E-state index in [0.717, 1.165) is 22.7 Å². The van der Waals surface area contributed by atoms with E-state index in [9.17, 15) is 4.79 Å². The summed E-state index contributed by atoms with van der Waals surface area (Å²) in [6.45, 7) is 4.68. The molecule has 0 radical (unpaired) electrons. The number of fused-ring (bicyclic) bond motifs is 1. The Hall–Kier alpha value is -1.29. The van der Waals surface area contributed by atoms with E-state index >= 15 is 0 Å². The molecule has 0 saturated carbocycles. The minimum atomic E-state index is -0.293. The van der Waals surface area contributed by atoms with Gasteiger partial charge in [-0.05, 0) is 31.0 Å². The van der Waals surface area contributed by atoms with Gasteiger partial charge < -0.3 is 9.15 Å². The summed E-state index contributed by atoms with van der Waals surface area (Å²) in [7, 11) is 0. The van der Waals surface area contributed by atoms with Crippen LogP contribution in [0.25, 0.3) is 11.0 Å². The van der Waals surface area contributed by atoms with Crippen molar-refractivity contribution in [2.45, 2.75) is 33.1 Å². The molecule has 3 nitrogen and oxygen atoms in total. The lowest BCUT2D eigenvalue weighted by atomic mass is 10.1. The monoisotopic (exact) mass is 324 g/mol. The minimum absolute atomic E-state index is 0.293. The van der Waals surface area contributed by atoms with Crippen LogP contribution in [0.3, 0.4) is 0 Å². The van der Waals surface area contributed by atoms with Crippen LogP contribution in [0.15, 0.2) is 31.9 Å². The predicted molar refractivity (Wildman–Crippen MR) is 80.0 cm³/mol. The molecular weight excluding hydrogens is 308 g/mol. The molecule has 1 heterocycles. The maximum absolute atomic E-state index is 12.1. The summed E-state index contributed by atoms with van der Waals surface area (Å²) in [6, 6.07) is 5.65. The Labute approximate surface area is 120 Å². The number of hydrogen-bond acceptors (Lipinski definition) is 3. The number of halogens is 1. The van der Waals surface area contributed by atoms with E-state index in [0.29, 0.717) is 29.9 Å². The van der Waals surface area contributed by atoms with Gasteiger partial charge in [0, 0.05) is 4.47 Å². The van der Waals surface area contributed by atoms with E-state index in [2.05, 4.69) is 15.9 Å². The zero-order valence-electron chi connectivity index (χ0n) is 11.2. The SMILES string of the molecule is CCCOc1c(CCC)c(=O)oc2cc(Br)ccc12. The average Bonchev–Trinajstić information content (AvgIpc) is 2.38. The smallest absolute Gasteiger partial charge is 0.343 e. The van der Waals surface area contributed by atoms with Crippen LogP contribution in [0.1, 0.15) is 32.3 Å². The topological polar surface area (TPSA) is 39.4 Å². The molecule has 0 bridgehead atoms. The molecule has 0 N–H and O–H groups in total. The van der Waals surface area contributed by atoms with Gasteiger partial charge in [0.1, 0.15) is 11.3 Å². The second kappa shape index (κ2) is 6.24. The first-order chi connectivity index (χ1) is 9.17. The van der Waals surface area contributed by atoms with Gasteiger partial charge in [-0.2, -0.15) is 0 Å². The van der Waals surface area contributed by atoms with E-state index in [4.69, 9.17) is 9.15 Å². The molecule has 102 valence electrons. The average molecular weight is 325 g/mol. The fraction of sp³-hybridized carbons (Fsp3) is 0.400. The second-order valence-corrected chi connectivity index (χ2v) is 5.35. The molecule has 19 heavy (non-hydrogen) atoms. The lowest BCUT2D eigenvalue weighted by molar-refractivity contribution is 0.314. The van der Waals surface area contributed by atoms with Crippen molar-refractivity contribution in [2.75, 3.05) is 6.61 Å². The van der Waals surface area contributed by atoms with Crippen molar-refractivity contribution >= 4 is 26.9 Å². The standard InChI is InChI=1S/C15H17BrO3/c1-3-5-12-14(18-8-4-2)11-7-6-10(16)9-13(11)19-15(12)17/h6-7,9H,3-5,8H2,1-2H3. The summed E-state index contributed by atoms with van der Waals surface area (Å²) in [5.41, 5.74) is 0.912. The Balaban J connectivity index is 2.67. The van der Waals surface area contributed by atoms with Crippen molar-refractivity contribution in [1.29, 1.82) is 0 Å². The maximum atomic E-state index is 12.1. The first-order valence-electron chi connectivity index (χ1n) is 6.55. The summed E-state index contributed by atoms with van der Waals surface area (Å²) in [4.78, 5) is 12.1. The number of benzene rings is 1. The Morgan fingerprint density at radius 2 is 2.05 bits per heavy atom. The van der Waals surface area contributed by atoms with Crippen LogP contribution in [0.5, 0.6) is 5.75 Å². The van der Waals surface area contributed by atoms with Crippen molar-refractivity contribution in [3.8, 4) is 5.75 Å². The molecule has 4 heteroatoms. The highest BCUT2D eigenvalue weighted by atomic mass is 79.9. The molecule has 0 unspecified atom stereocenters. The van der Waals surface area contributed by atoms with Crippen LogP contribution in [0.2, 0.25) is 0 Å². The number of ether oxygens (including phenoxy) is 1. The van der Waals surface area contributed by atoms with Gasteiger partial charge in [-0.15, -0.1) is 0 Å². The molecule has 0 aliphatic rings. The summed E-state index contributed by atoms with van der Waals surface area (Å²) >= 11 is 3.38. The lowest BCUT2D eigenvalue weighted by Gasteiger charge is -2.12. The predicted octanol–water partition coefficient (Wildman–Crippen LogP) is 4.30. The molecule has 2 rings (SSSR count). The highest BCUT2D eigenvalue weighted by Crippen LogP contribution is 2.30. The quantitative estimate of drug-likeness (QED) is 0.770. The van der Waals surface area contributed by atoms with Crippen LogP contribution in [-0.4, -0.2) is 6.61 Å². The molecule has 0 spiro atoms. The van der Waals surface area contributed by atoms with Crippen molar-refractivity contribution in [1.82, 2.24) is 0 Å². The highest BCUT2D eigenvalue weighted by molar-refractivity contribution is 9.10. The van der Waals surface area contributed by atoms with Gasteiger partial charge in [0.15, 0.2) is 0 Å². The van der Waals surface area contributed by atoms with E-state index in [1.54, 1.807) is 6.07 Å². The molecular formula is C15H17BrO3. The summed E-state index contributed by atoms with van der Waals surface area (Å²) < 4.78 is 12.1. The van der Waals surface area contributed by atoms with Crippen LogP contribution >= 0.6 is 15.9 Å². The first-order valence-corrected chi connectivity index (χ1v) is 7.34. The molecule has 1 aromatic carbocycles. The third-order valence-electron chi connectivity index (χ3n) is 2.86. The van der Waals surface area contributed by atoms with E-state index in [1.807, 2.05) is 26.0 Å². The molecule has 0 amide bonds. The Morgan fingerprint density at radius 3 is 2.74 bits per heavy atom. The van der Waals surface area contributed by atoms with Crippen molar-refractivity contribution in [3.05, 3.63) is 38.7 Å². The zero-order valence-corrected chi connectivity index (χ0v) is 12.7. The summed E-state index contributed by atoms with van der Waals surface area (Å²) in [6.07, 6.45) is 2.46. The molecule has 0 aliphatic carbocycles. The third kappa shape index (κ3) is 3.00. The highest BCUT2D eigenvalue weighted by Gasteiger charge is 2.15. The van der Waals surface area contributed by atoms with Gasteiger partial charge in [0.2, 0.25) is 0 Å². The van der Waals surface area contributed by atoms with Gasteiger partial charge >= 0.3 is 5.63 Å². The van der Waals surface area contributed by atoms with Crippen LogP contribution in [0, 0.1) is 0 Å². The van der Waals surface area contributed by atoms with Gasteiger partial charge in [0.05, 0.1) is 17.6 Å². The fourth-order valence-corrected chi connectivity index (χ4v) is 2.36. The normalized spacial score (nSPS) is 10.9. The van der Waals surface area contributed by atoms with Gasteiger partial charge in [-0.3, -0.25) is 0 Å². The van der Waals surface area contributed by atoms with Crippen LogP contribution < -0.4 is 10.4 Å². The third-order valence-corrected chi connectivity index (χ3v) is 3.36. The van der Waals surface area contributed by atoms with Crippen molar-refractivity contribution in [3.63, 3.8) is 0 Å². The van der Waals surface area contributed by atoms with E-state index in [-0.39, 0.29) is 5.63 Å². The summed E-state index contributed by atoms with van der Waals surface area (Å²) in [5.74, 6) is 0.683. The van der Waals surface area contributed by atoms with Gasteiger partial charge in [-0.1, -0.05) is 36.2 Å². The summed E-state index contributed by atoms with van der Waals surface area (Å²) in [5, 5.41) is 0.861. The molecule has 0 aliphatic heterocycles. The molecule has 2 aromatic rings. The lowest BCUT2D eigenvalue weighted by Crippen LogP contribution is -2.11. The maximum Gasteiger partial charge on any atom is 0.343 e. The molecule has 1 aromatic heterocycles. The van der Waals surface area contributed by atoms with E-state index in [1.165, 1.54) is 0 Å². The zero-order chi connectivity index (χ0) is 13.8. The second-order valence-electron chi connectivity index (χ2n) is 4.44. The Morgan fingerprint density at radius 1 is 1.26 bits per heavy atom. The molecule has 0 fully saturated rings. The van der Waals surface area contributed by atoms with Crippen molar-refractivity contribution in [2.24, 2.45) is 0 Å². The van der Waals surface area contributed by atoms with Gasteiger partial charge in [0.25, 0.3) is 0 Å². The van der Waals surface area contributed by atoms with Crippen molar-refractivity contribution < 1.29 is 9.15 Å². The number of rotatable bonds is 5. The fourth-order valence-electron chi connectivity index (χ4n) is 2.02. The molecule has 0 saturated heterocycles. The van der Waals surface area contributed by atoms with Gasteiger partial charge in [-0.25, -0.2) is 4.79 Å². The van der Waals surface area contributed by atoms with Crippen LogP contribution in [0.4, 0.5) is 0 Å². The minimum Gasteiger partial charge on any atom is -0.492 e. The molecule has 0 atom stereocenters. The first kappa shape index (κ1) is 14.1. The van der Waals surface area contributed by atoms with E-state index < -0.39 is 0 Å². The Kier molecular flexibility index (Phi) is 4.64.